The maximum atomic E-state index is 3.72. The molecule has 0 amide bonds. The van der Waals surface area contributed by atoms with Gasteiger partial charge in [-0.05, 0) is 24.1 Å². The van der Waals surface area contributed by atoms with Crippen molar-refractivity contribution in [1.82, 2.24) is 0 Å². The maximum absolute atomic E-state index is 3.72. The Balaban J connectivity index is 0.000000204. The maximum Gasteiger partial charge on any atom is 4.00 e. The number of benzene rings is 6. The Morgan fingerprint density at radius 1 is 0.467 bits per heavy atom. The minimum atomic E-state index is -0.543. The van der Waals surface area contributed by atoms with E-state index in [1.54, 1.807) is 0 Å². The molecule has 1 heterocycles. The normalized spacial score (nSPS) is 10.9. The van der Waals surface area contributed by atoms with Gasteiger partial charge in [0.15, 0.2) is 0 Å². The van der Waals surface area contributed by atoms with Crippen molar-refractivity contribution in [1.29, 1.82) is 0 Å². The minimum absolute atomic E-state index is 0. The first-order chi connectivity index (χ1) is 21.6. The van der Waals surface area contributed by atoms with Gasteiger partial charge in [-0.2, -0.15) is 80.3 Å². The van der Waals surface area contributed by atoms with Crippen LogP contribution in [0.25, 0.3) is 0 Å². The predicted octanol–water partition coefficient (Wildman–Crippen LogP) is 9.57. The fraction of sp³-hybridized carbons (Fsp3) is 0.0476. The van der Waals surface area contributed by atoms with E-state index in [1.807, 2.05) is 91.0 Å². The first-order valence-corrected chi connectivity index (χ1v) is 16.2. The summed E-state index contributed by atoms with van der Waals surface area (Å²) in [4.78, 5) is 0. The number of para-hydroxylation sites is 1. The zero-order valence-electron chi connectivity index (χ0n) is 25.7. The molecule has 1 aliphatic rings. The van der Waals surface area contributed by atoms with E-state index in [4.69, 9.17) is 0 Å². The van der Waals surface area contributed by atoms with Crippen LogP contribution >= 0.6 is 7.92 Å². The van der Waals surface area contributed by atoms with Crippen molar-refractivity contribution in [2.45, 2.75) is 12.8 Å². The first-order valence-electron chi connectivity index (χ1n) is 14.8. The quantitative estimate of drug-likeness (QED) is 0.145. The van der Waals surface area contributed by atoms with Gasteiger partial charge in [0.05, 0.1) is 0 Å². The largest absolute Gasteiger partial charge is 4.00 e. The third kappa shape index (κ3) is 12.2. The van der Waals surface area contributed by atoms with Crippen LogP contribution in [0, 0.1) is 27.3 Å². The summed E-state index contributed by atoms with van der Waals surface area (Å²) >= 11 is 0. The van der Waals surface area contributed by atoms with Crippen LogP contribution in [0.3, 0.4) is 0 Å². The molecule has 0 saturated heterocycles. The van der Waals surface area contributed by atoms with Crippen molar-refractivity contribution in [3.05, 3.63) is 219 Å². The number of hydrogen-bond acceptors (Lipinski definition) is 1. The Kier molecular flexibility index (Phi) is 15.9. The molecule has 0 spiro atoms. The SMILES string of the molecule is [CH2-]c1ccccc1.[CH2-]c1ccccc1.[CH2-]c1ccccc1.[Zr+4].c1ccc(P(c2ccccc2)c2cccc3c2N[CH-]CC3)cc1. The van der Waals surface area contributed by atoms with E-state index in [0.717, 1.165) is 29.5 Å². The summed E-state index contributed by atoms with van der Waals surface area (Å²) in [6.45, 7) is 13.4. The van der Waals surface area contributed by atoms with E-state index in [2.05, 4.69) is 111 Å². The predicted molar refractivity (Wildman–Crippen MR) is 194 cm³/mol. The molecule has 0 unspecified atom stereocenters. The molecule has 1 aliphatic heterocycles. The Morgan fingerprint density at radius 2 is 0.844 bits per heavy atom. The van der Waals surface area contributed by atoms with Crippen molar-refractivity contribution >= 4 is 29.5 Å². The summed E-state index contributed by atoms with van der Waals surface area (Å²) in [6.07, 6.45) is 2.23. The second-order valence-corrected chi connectivity index (χ2v) is 12.3. The van der Waals surface area contributed by atoms with Crippen LogP contribution < -0.4 is 21.2 Å². The van der Waals surface area contributed by atoms with Gasteiger partial charge in [-0.3, -0.25) is 0 Å². The molecule has 6 aromatic carbocycles. The van der Waals surface area contributed by atoms with E-state index in [9.17, 15) is 0 Å². The molecule has 0 radical (unpaired) electrons. The van der Waals surface area contributed by atoms with Crippen LogP contribution in [0.1, 0.15) is 28.7 Å². The van der Waals surface area contributed by atoms with Crippen LogP contribution in [0.2, 0.25) is 0 Å². The molecule has 222 valence electrons. The van der Waals surface area contributed by atoms with Crippen LogP contribution in [-0.2, 0) is 32.6 Å². The van der Waals surface area contributed by atoms with Gasteiger partial charge >= 0.3 is 26.2 Å². The monoisotopic (exact) mass is 679 g/mol. The summed E-state index contributed by atoms with van der Waals surface area (Å²) in [5.74, 6) is 0. The van der Waals surface area contributed by atoms with Gasteiger partial charge in [-0.25, -0.2) is 6.54 Å². The fourth-order valence-corrected chi connectivity index (χ4v) is 7.03. The number of anilines is 1. The van der Waals surface area contributed by atoms with Crippen molar-refractivity contribution in [2.75, 3.05) is 5.32 Å². The molecule has 45 heavy (non-hydrogen) atoms. The average molecular weight is 681 g/mol. The van der Waals surface area contributed by atoms with Gasteiger partial charge in [-0.1, -0.05) is 103 Å². The third-order valence-corrected chi connectivity index (χ3v) is 9.21. The van der Waals surface area contributed by atoms with E-state index in [1.165, 1.54) is 27.2 Å². The molecule has 6 aromatic rings. The molecule has 0 atom stereocenters. The first kappa shape index (κ1) is 35.5. The topological polar surface area (TPSA) is 12.0 Å². The smallest absolute Gasteiger partial charge is 0.534 e. The van der Waals surface area contributed by atoms with Gasteiger partial charge < -0.3 is 5.32 Å². The summed E-state index contributed by atoms with van der Waals surface area (Å²) in [5.41, 5.74) is 5.97. The Morgan fingerprint density at radius 3 is 1.20 bits per heavy atom. The second kappa shape index (κ2) is 20.1. The van der Waals surface area contributed by atoms with Crippen molar-refractivity contribution in [3.63, 3.8) is 0 Å². The number of nitrogens with one attached hydrogen (secondary N) is 1. The third-order valence-electron chi connectivity index (χ3n) is 6.73. The van der Waals surface area contributed by atoms with Gasteiger partial charge in [0.2, 0.25) is 0 Å². The average Bonchev–Trinajstić information content (AvgIpc) is 3.08. The molecule has 1 N–H and O–H groups in total. The van der Waals surface area contributed by atoms with Crippen molar-refractivity contribution in [2.24, 2.45) is 0 Å². The Hall–Kier alpha value is -3.96. The summed E-state index contributed by atoms with van der Waals surface area (Å²) < 4.78 is 0. The van der Waals surface area contributed by atoms with Crippen molar-refractivity contribution in [3.8, 4) is 0 Å². The van der Waals surface area contributed by atoms with Gasteiger partial charge in [-0.15, -0.1) is 36.4 Å². The molecule has 0 fully saturated rings. The van der Waals surface area contributed by atoms with Crippen LogP contribution in [0.4, 0.5) is 5.69 Å². The summed E-state index contributed by atoms with van der Waals surface area (Å²) in [7, 11) is -0.543. The van der Waals surface area contributed by atoms with Crippen LogP contribution in [0.15, 0.2) is 170 Å². The van der Waals surface area contributed by atoms with E-state index >= 15 is 0 Å². The Bertz CT molecular complexity index is 1480. The van der Waals surface area contributed by atoms with Gasteiger partial charge in [0.1, 0.15) is 0 Å². The number of hydrogen-bond donors (Lipinski definition) is 1. The molecule has 0 bridgehead atoms. The molecule has 0 saturated carbocycles. The standard InChI is InChI=1S/C21H19NP.3C7H7.Zr/c1-3-11-18(12-4-1)23(19-13-5-2-6-14-19)20-15-7-9-17-10-8-16-22-21(17)20;3*1-7-5-3-2-4-6-7;/h1-7,9,11-16,22H,8,10H2;3*2-6H,1H2;/q4*-1;+4. The molecule has 1 nitrogen and oxygen atoms in total. The molecule has 0 aliphatic carbocycles. The Labute approximate surface area is 291 Å². The van der Waals surface area contributed by atoms with Crippen LogP contribution in [-0.4, -0.2) is 0 Å². The zero-order chi connectivity index (χ0) is 30.8. The van der Waals surface area contributed by atoms with E-state index < -0.39 is 7.92 Å². The number of fused-ring (bicyclic) bond motifs is 1. The molecular weight excluding hydrogens is 641 g/mol. The molecule has 0 aromatic heterocycles. The summed E-state index contributed by atoms with van der Waals surface area (Å²) in [5, 5.41) is 7.76. The van der Waals surface area contributed by atoms with E-state index in [-0.39, 0.29) is 26.2 Å². The number of aryl methyl sites for hydroxylation is 1. The number of rotatable bonds is 3. The minimum Gasteiger partial charge on any atom is -0.534 e. The molecular formula is C42H40NPZr. The molecule has 3 heteroatoms. The summed E-state index contributed by atoms with van der Waals surface area (Å²) in [6, 6.07) is 58.1. The van der Waals surface area contributed by atoms with Gasteiger partial charge in [0.25, 0.3) is 0 Å². The second-order valence-electron chi connectivity index (χ2n) is 10.2. The van der Waals surface area contributed by atoms with Crippen LogP contribution in [0.5, 0.6) is 0 Å². The molecule has 7 rings (SSSR count). The van der Waals surface area contributed by atoms with E-state index in [0.29, 0.717) is 0 Å². The zero-order valence-corrected chi connectivity index (χ0v) is 29.1. The fourth-order valence-electron chi connectivity index (χ4n) is 4.57. The van der Waals surface area contributed by atoms with Crippen molar-refractivity contribution < 1.29 is 26.2 Å². The van der Waals surface area contributed by atoms with Gasteiger partial charge in [0, 0.05) is 11.0 Å².